The van der Waals surface area contributed by atoms with Crippen LogP contribution in [-0.4, -0.2) is 39.5 Å². The number of primary amides is 1. The van der Waals surface area contributed by atoms with Gasteiger partial charge in [0.15, 0.2) is 6.10 Å². The molecule has 0 aromatic carbocycles. The molecule has 0 rings (SSSR count). The van der Waals surface area contributed by atoms with Gasteiger partial charge in [-0.05, 0) is 6.92 Å². The van der Waals surface area contributed by atoms with E-state index in [2.05, 4.69) is 5.73 Å². The van der Waals surface area contributed by atoms with Gasteiger partial charge in [-0.1, -0.05) is 0 Å². The highest BCUT2D eigenvalue weighted by Gasteiger charge is 2.25. The number of aliphatic hydroxyl groups is 3. The second-order valence-corrected chi connectivity index (χ2v) is 2.08. The third-order valence-electron chi connectivity index (χ3n) is 1.11. The highest BCUT2D eigenvalue weighted by atomic mass is 16.4. The van der Waals surface area contributed by atoms with Gasteiger partial charge in [-0.3, -0.25) is 4.79 Å². The number of aliphatic hydroxyl groups excluding tert-OH is 3. The second-order valence-electron chi connectivity index (χ2n) is 2.08. The molecular weight excluding hydrogens is 138 g/mol. The van der Waals surface area contributed by atoms with Gasteiger partial charge in [-0.2, -0.15) is 0 Å². The van der Waals surface area contributed by atoms with E-state index in [0.29, 0.717) is 0 Å². The number of amides is 1. The fraction of sp³-hybridized carbons (Fsp3) is 0.800. The smallest absolute Gasteiger partial charge is 0.249 e. The summed E-state index contributed by atoms with van der Waals surface area (Å²) in [5, 5.41) is 26.1. The summed E-state index contributed by atoms with van der Waals surface area (Å²) in [7, 11) is 0. The molecule has 0 unspecified atom stereocenters. The Bertz CT molecular complexity index is 125. The molecule has 0 aliphatic rings. The van der Waals surface area contributed by atoms with Crippen LogP contribution in [0.25, 0.3) is 0 Å². The van der Waals surface area contributed by atoms with Crippen molar-refractivity contribution in [2.45, 2.75) is 25.2 Å². The molecule has 5 heteroatoms. The lowest BCUT2D eigenvalue weighted by Gasteiger charge is -2.16. The molecule has 60 valence electrons. The van der Waals surface area contributed by atoms with Crippen LogP contribution in [0.1, 0.15) is 6.92 Å². The van der Waals surface area contributed by atoms with Crippen LogP contribution in [0.5, 0.6) is 0 Å². The van der Waals surface area contributed by atoms with Crippen molar-refractivity contribution in [1.82, 2.24) is 0 Å². The molecule has 3 atom stereocenters. The minimum absolute atomic E-state index is 1.05. The van der Waals surface area contributed by atoms with Gasteiger partial charge < -0.3 is 21.1 Å². The lowest BCUT2D eigenvalue weighted by Crippen LogP contribution is -2.44. The fourth-order valence-corrected chi connectivity index (χ4v) is 0.432. The van der Waals surface area contributed by atoms with Crippen molar-refractivity contribution in [3.8, 4) is 0 Å². The third-order valence-corrected chi connectivity index (χ3v) is 1.11. The average molecular weight is 149 g/mol. The van der Waals surface area contributed by atoms with E-state index in [1.807, 2.05) is 0 Å². The van der Waals surface area contributed by atoms with Gasteiger partial charge in [0.1, 0.15) is 6.10 Å². The molecule has 0 saturated carbocycles. The Balaban J connectivity index is 3.94. The lowest BCUT2D eigenvalue weighted by atomic mass is 10.1. The van der Waals surface area contributed by atoms with E-state index in [4.69, 9.17) is 15.3 Å². The van der Waals surface area contributed by atoms with Crippen LogP contribution in [0, 0.1) is 0 Å². The van der Waals surface area contributed by atoms with Crippen molar-refractivity contribution in [3.63, 3.8) is 0 Å². The number of nitrogens with two attached hydrogens (primary N) is 1. The van der Waals surface area contributed by atoms with Crippen LogP contribution in [0.4, 0.5) is 0 Å². The second kappa shape index (κ2) is 3.50. The molecule has 0 aliphatic heterocycles. The first-order valence-corrected chi connectivity index (χ1v) is 2.80. The van der Waals surface area contributed by atoms with E-state index in [1.165, 1.54) is 6.92 Å². The van der Waals surface area contributed by atoms with Crippen LogP contribution >= 0.6 is 0 Å². The van der Waals surface area contributed by atoms with E-state index in [1.54, 1.807) is 0 Å². The summed E-state index contributed by atoms with van der Waals surface area (Å²) >= 11 is 0. The highest BCUT2D eigenvalue weighted by molar-refractivity contribution is 5.79. The van der Waals surface area contributed by atoms with Crippen LogP contribution in [-0.2, 0) is 4.79 Å². The molecule has 0 bridgehead atoms. The molecule has 0 radical (unpaired) electrons. The zero-order valence-corrected chi connectivity index (χ0v) is 5.56. The number of carbonyl (C=O) groups excluding carboxylic acids is 1. The van der Waals surface area contributed by atoms with Gasteiger partial charge in [0, 0.05) is 0 Å². The Hall–Kier alpha value is -0.650. The van der Waals surface area contributed by atoms with E-state index in [-0.39, 0.29) is 0 Å². The van der Waals surface area contributed by atoms with Gasteiger partial charge in [-0.15, -0.1) is 0 Å². The topological polar surface area (TPSA) is 104 Å². The van der Waals surface area contributed by atoms with Crippen LogP contribution in [0.3, 0.4) is 0 Å². The van der Waals surface area contributed by atoms with Crippen LogP contribution in [0.15, 0.2) is 0 Å². The van der Waals surface area contributed by atoms with Gasteiger partial charge >= 0.3 is 0 Å². The van der Waals surface area contributed by atoms with Crippen molar-refractivity contribution >= 4 is 5.91 Å². The first kappa shape index (κ1) is 9.35. The van der Waals surface area contributed by atoms with Crippen molar-refractivity contribution in [2.75, 3.05) is 0 Å². The molecule has 10 heavy (non-hydrogen) atoms. The maximum atomic E-state index is 10.1. The molecule has 0 spiro atoms. The maximum absolute atomic E-state index is 10.1. The minimum Gasteiger partial charge on any atom is -0.391 e. The monoisotopic (exact) mass is 149 g/mol. The van der Waals surface area contributed by atoms with Crippen molar-refractivity contribution in [1.29, 1.82) is 0 Å². The van der Waals surface area contributed by atoms with Crippen LogP contribution in [0.2, 0.25) is 0 Å². The Labute approximate surface area is 58.1 Å². The number of hydrogen-bond donors (Lipinski definition) is 4. The van der Waals surface area contributed by atoms with E-state index in [0.717, 1.165) is 0 Å². The Kier molecular flexibility index (Phi) is 3.27. The molecule has 5 N–H and O–H groups in total. The number of rotatable bonds is 3. The summed E-state index contributed by atoms with van der Waals surface area (Å²) in [6.07, 6.45) is -4.36. The van der Waals surface area contributed by atoms with Gasteiger partial charge in [0.05, 0.1) is 6.10 Å². The summed E-state index contributed by atoms with van der Waals surface area (Å²) in [4.78, 5) is 10.1. The average Bonchev–Trinajstić information content (AvgIpc) is 1.84. The molecule has 0 aromatic heterocycles. The molecule has 0 aromatic rings. The quantitative estimate of drug-likeness (QED) is 0.358. The third kappa shape index (κ3) is 2.30. The summed E-state index contributed by atoms with van der Waals surface area (Å²) in [6.45, 7) is 1.25. The van der Waals surface area contributed by atoms with Gasteiger partial charge in [-0.25, -0.2) is 0 Å². The van der Waals surface area contributed by atoms with Crippen molar-refractivity contribution < 1.29 is 20.1 Å². The Morgan fingerprint density at radius 3 is 1.90 bits per heavy atom. The van der Waals surface area contributed by atoms with Gasteiger partial charge in [0.2, 0.25) is 5.91 Å². The normalized spacial score (nSPS) is 19.6. The fourth-order valence-electron chi connectivity index (χ4n) is 0.432. The van der Waals surface area contributed by atoms with Crippen molar-refractivity contribution in [3.05, 3.63) is 0 Å². The molecule has 0 fully saturated rings. The molecule has 5 nitrogen and oxygen atoms in total. The molecule has 0 saturated heterocycles. The molecule has 0 aliphatic carbocycles. The van der Waals surface area contributed by atoms with E-state index in [9.17, 15) is 4.79 Å². The summed E-state index contributed by atoms with van der Waals surface area (Å²) < 4.78 is 0. The predicted octanol–water partition coefficient (Wildman–Crippen LogP) is -2.43. The van der Waals surface area contributed by atoms with Crippen molar-refractivity contribution in [2.24, 2.45) is 5.73 Å². The maximum Gasteiger partial charge on any atom is 0.249 e. The van der Waals surface area contributed by atoms with Gasteiger partial charge in [0.25, 0.3) is 0 Å². The number of carbonyl (C=O) groups is 1. The SMILES string of the molecule is C[C@H](O)[C@@H](O)[C@@H](O)C(N)=O. The molecule has 1 amide bonds. The minimum atomic E-state index is -1.69. The zero-order valence-electron chi connectivity index (χ0n) is 5.56. The summed E-state index contributed by atoms with van der Waals surface area (Å²) in [5.41, 5.74) is 4.61. The number of hydrogen-bond acceptors (Lipinski definition) is 4. The standard InChI is InChI=1S/C5H11NO4/c1-2(7)3(8)4(9)5(6)10/h2-4,7-9H,1H3,(H2,6,10)/t2-,3+,4+/m0/s1. The molecule has 0 heterocycles. The Morgan fingerprint density at radius 1 is 1.40 bits per heavy atom. The van der Waals surface area contributed by atoms with Crippen LogP contribution < -0.4 is 5.73 Å². The predicted molar refractivity (Wildman–Crippen MR) is 32.9 cm³/mol. The highest BCUT2D eigenvalue weighted by Crippen LogP contribution is 1.97. The van der Waals surface area contributed by atoms with E-state index < -0.39 is 24.2 Å². The van der Waals surface area contributed by atoms with E-state index >= 15 is 0 Å². The summed E-state index contributed by atoms with van der Waals surface area (Å²) in [6, 6.07) is 0. The Morgan fingerprint density at radius 2 is 1.80 bits per heavy atom. The first-order chi connectivity index (χ1) is 4.46. The molecular formula is C5H11NO4. The first-order valence-electron chi connectivity index (χ1n) is 2.80. The lowest BCUT2D eigenvalue weighted by molar-refractivity contribution is -0.136. The zero-order chi connectivity index (χ0) is 8.31. The summed E-state index contributed by atoms with van der Waals surface area (Å²) in [5.74, 6) is -1.05. The largest absolute Gasteiger partial charge is 0.391 e.